The number of nitrogens with zero attached hydrogens (tertiary/aromatic N) is 3. The number of imide groups is 2. The van der Waals surface area contributed by atoms with E-state index in [4.69, 9.17) is 27.6 Å². The van der Waals surface area contributed by atoms with Gasteiger partial charge in [0.1, 0.15) is 23.5 Å². The summed E-state index contributed by atoms with van der Waals surface area (Å²) in [7, 11) is 0. The van der Waals surface area contributed by atoms with Crippen molar-refractivity contribution >= 4 is 58.3 Å². The van der Waals surface area contributed by atoms with Crippen LogP contribution in [0.25, 0.3) is 0 Å². The average molecular weight is 752 g/mol. The second-order valence-electron chi connectivity index (χ2n) is 13.2. The van der Waals surface area contributed by atoms with E-state index >= 15 is 4.79 Å². The molecular formula is C37H27Cl2F3N4O6. The van der Waals surface area contributed by atoms with E-state index in [9.17, 15) is 32.7 Å². The largest absolute Gasteiger partial charge is 0.463 e. The Balaban J connectivity index is 1.30. The molecule has 2 saturated heterocycles. The molecule has 0 bridgehead atoms. The number of aromatic nitrogens is 1. The Morgan fingerprint density at radius 3 is 2.33 bits per heavy atom. The minimum absolute atomic E-state index is 0.0434. The van der Waals surface area contributed by atoms with Crippen molar-refractivity contribution in [1.82, 2.24) is 9.99 Å². The lowest BCUT2D eigenvalue weighted by Gasteiger charge is -2.49. The Bertz CT molecular complexity index is 2180. The summed E-state index contributed by atoms with van der Waals surface area (Å²) >= 11 is 12.5. The highest BCUT2D eigenvalue weighted by Gasteiger charge is 2.71. The monoisotopic (exact) mass is 750 g/mol. The van der Waals surface area contributed by atoms with E-state index in [-0.39, 0.29) is 36.1 Å². The van der Waals surface area contributed by atoms with E-state index in [1.807, 2.05) is 6.08 Å². The lowest BCUT2D eigenvalue weighted by molar-refractivity contribution is -0.139. The van der Waals surface area contributed by atoms with Crippen LogP contribution in [0.15, 0.2) is 95.1 Å². The van der Waals surface area contributed by atoms with Crippen molar-refractivity contribution in [3.63, 3.8) is 0 Å². The maximum absolute atomic E-state index is 15.1. The molecule has 0 radical (unpaired) electrons. The summed E-state index contributed by atoms with van der Waals surface area (Å²) in [5.41, 5.74) is 1.11. The molecular weight excluding hydrogens is 724 g/mol. The zero-order chi connectivity index (χ0) is 36.7. The summed E-state index contributed by atoms with van der Waals surface area (Å²) in [6.07, 6.45) is -2.25. The highest BCUT2D eigenvalue weighted by atomic mass is 35.5. The predicted octanol–water partition coefficient (Wildman–Crippen LogP) is 6.68. The van der Waals surface area contributed by atoms with Crippen molar-refractivity contribution in [2.75, 3.05) is 10.3 Å². The number of hydrogen-bond acceptors (Lipinski definition) is 8. The molecule has 0 spiro atoms. The van der Waals surface area contributed by atoms with Crippen molar-refractivity contribution in [1.29, 1.82) is 0 Å². The summed E-state index contributed by atoms with van der Waals surface area (Å²) in [6.45, 7) is -0.463. The maximum atomic E-state index is 15.1. The highest BCUT2D eigenvalue weighted by molar-refractivity contribution is 6.33. The number of anilines is 2. The van der Waals surface area contributed by atoms with Gasteiger partial charge in [0.25, 0.3) is 11.8 Å². The number of hydrazine groups is 1. The molecule has 8 rings (SSSR count). The first-order chi connectivity index (χ1) is 24.9. The number of benzene rings is 2. The van der Waals surface area contributed by atoms with Crippen LogP contribution in [0.2, 0.25) is 10.0 Å². The first-order valence-corrected chi connectivity index (χ1v) is 17.1. The molecule has 52 heavy (non-hydrogen) atoms. The second-order valence-corrected chi connectivity index (χ2v) is 14.1. The van der Waals surface area contributed by atoms with Gasteiger partial charge in [-0.1, -0.05) is 65.2 Å². The standard InChI is InChI=1S/C37H27Cl2F3N4O6/c38-20-8-6-18(7-9-20)36-26(33(49)46(35(36)51)44-31-27(39)14-19(16-43-31)37(40,41)42)15-25-23(30(36)28-13-10-22(17-47)52-28)11-12-24-29(25)34(50)45(32(24)48)21-4-2-1-3-5-21/h1-11,13-14,16,24-26,29-30,47H,12,15,17H2,(H,43,44). The van der Waals surface area contributed by atoms with Crippen molar-refractivity contribution in [3.8, 4) is 0 Å². The molecule has 4 aromatic rings. The Labute approximate surface area is 303 Å². The van der Waals surface area contributed by atoms with Crippen molar-refractivity contribution < 1.29 is 41.9 Å². The van der Waals surface area contributed by atoms with Crippen LogP contribution < -0.4 is 10.3 Å². The minimum atomic E-state index is -4.75. The second kappa shape index (κ2) is 12.3. The summed E-state index contributed by atoms with van der Waals surface area (Å²) in [5.74, 6) is -6.83. The molecule has 15 heteroatoms. The fourth-order valence-corrected chi connectivity index (χ4v) is 8.89. The van der Waals surface area contributed by atoms with Gasteiger partial charge in [-0.3, -0.25) is 29.5 Å². The summed E-state index contributed by atoms with van der Waals surface area (Å²) in [5, 5.41) is 10.5. The Kier molecular flexibility index (Phi) is 8.08. The number of pyridine rings is 1. The van der Waals surface area contributed by atoms with Crippen LogP contribution in [0, 0.1) is 23.7 Å². The third kappa shape index (κ3) is 5.01. The fourth-order valence-electron chi connectivity index (χ4n) is 8.56. The number of allylic oxidation sites excluding steroid dienone is 2. The quantitative estimate of drug-likeness (QED) is 0.165. The topological polar surface area (TPSA) is 133 Å². The van der Waals surface area contributed by atoms with Crippen LogP contribution >= 0.6 is 23.2 Å². The number of fused-ring (bicyclic) bond motifs is 4. The third-order valence-electron chi connectivity index (χ3n) is 10.7. The molecule has 2 N–H and O–H groups in total. The molecule has 10 nitrogen and oxygen atoms in total. The molecule has 4 aliphatic rings. The van der Waals surface area contributed by atoms with Gasteiger partial charge < -0.3 is 9.52 Å². The normalized spacial score (nSPS) is 27.0. The molecule has 6 atom stereocenters. The van der Waals surface area contributed by atoms with Gasteiger partial charge in [-0.05, 0) is 66.8 Å². The Morgan fingerprint density at radius 1 is 0.942 bits per heavy atom. The number of aliphatic hydroxyl groups is 1. The third-order valence-corrected chi connectivity index (χ3v) is 11.2. The Morgan fingerprint density at radius 2 is 1.67 bits per heavy atom. The fraction of sp³-hybridized carbons (Fsp3) is 0.270. The number of nitrogens with one attached hydrogen (secondary N) is 1. The molecule has 2 aromatic carbocycles. The van der Waals surface area contributed by atoms with Crippen LogP contribution in [-0.4, -0.2) is 38.7 Å². The smallest absolute Gasteiger partial charge is 0.417 e. The van der Waals surface area contributed by atoms with Gasteiger partial charge in [0, 0.05) is 11.2 Å². The van der Waals surface area contributed by atoms with E-state index in [2.05, 4.69) is 10.4 Å². The van der Waals surface area contributed by atoms with E-state index < -0.39 is 76.1 Å². The van der Waals surface area contributed by atoms with E-state index in [0.717, 1.165) is 0 Å². The molecule has 266 valence electrons. The van der Waals surface area contributed by atoms with Crippen LogP contribution in [0.4, 0.5) is 24.7 Å². The number of halogens is 5. The molecule has 2 aliphatic carbocycles. The van der Waals surface area contributed by atoms with Crippen molar-refractivity contribution in [2.45, 2.75) is 37.0 Å². The van der Waals surface area contributed by atoms with E-state index in [1.165, 1.54) is 4.90 Å². The van der Waals surface area contributed by atoms with Crippen LogP contribution in [0.1, 0.15) is 41.4 Å². The van der Waals surface area contributed by atoms with E-state index in [1.54, 1.807) is 66.7 Å². The molecule has 4 amide bonds. The molecule has 6 unspecified atom stereocenters. The molecule has 2 aromatic heterocycles. The Hall–Kier alpha value is -4.98. The first kappa shape index (κ1) is 34.1. The van der Waals surface area contributed by atoms with Crippen LogP contribution in [0.3, 0.4) is 0 Å². The summed E-state index contributed by atoms with van der Waals surface area (Å²) < 4.78 is 46.4. The average Bonchev–Trinajstić information content (AvgIpc) is 3.77. The number of aliphatic hydroxyl groups excluding tert-OH is 1. The number of para-hydroxylation sites is 1. The van der Waals surface area contributed by atoms with Gasteiger partial charge in [0.05, 0.1) is 39.9 Å². The predicted molar refractivity (Wildman–Crippen MR) is 180 cm³/mol. The van der Waals surface area contributed by atoms with Crippen molar-refractivity contribution in [3.05, 3.63) is 123 Å². The number of alkyl halides is 3. The van der Waals surface area contributed by atoms with Crippen molar-refractivity contribution in [2.24, 2.45) is 23.7 Å². The summed E-state index contributed by atoms with van der Waals surface area (Å²) in [6, 6.07) is 18.7. The van der Waals surface area contributed by atoms with Gasteiger partial charge in [0.2, 0.25) is 11.8 Å². The maximum Gasteiger partial charge on any atom is 0.417 e. The van der Waals surface area contributed by atoms with Gasteiger partial charge in [0.15, 0.2) is 5.82 Å². The zero-order valence-electron chi connectivity index (χ0n) is 26.8. The number of carbonyl (C=O) groups excluding carboxylic acids is 4. The number of hydrogen-bond donors (Lipinski definition) is 2. The highest BCUT2D eigenvalue weighted by Crippen LogP contribution is 2.64. The molecule has 3 fully saturated rings. The lowest BCUT2D eigenvalue weighted by atomic mass is 9.50. The van der Waals surface area contributed by atoms with E-state index in [0.29, 0.717) is 39.1 Å². The molecule has 2 aliphatic heterocycles. The van der Waals surface area contributed by atoms with Gasteiger partial charge in [-0.2, -0.15) is 18.2 Å². The number of carbonyl (C=O) groups is 4. The molecule has 4 heterocycles. The number of rotatable bonds is 6. The number of amides is 4. The minimum Gasteiger partial charge on any atom is -0.463 e. The first-order valence-electron chi connectivity index (χ1n) is 16.3. The SMILES string of the molecule is O=C1C2CC3C(=CCC4C(=O)N(c5ccccc5)C(=O)C43)C(c3ccc(CO)o3)C2(c2ccc(Cl)cc2)C(=O)N1Nc1ncc(C(F)(F)F)cc1Cl. The van der Waals surface area contributed by atoms with Gasteiger partial charge >= 0.3 is 6.18 Å². The lowest BCUT2D eigenvalue weighted by Crippen LogP contribution is -2.53. The van der Waals surface area contributed by atoms with Crippen LogP contribution in [0.5, 0.6) is 0 Å². The van der Waals surface area contributed by atoms with Crippen LogP contribution in [-0.2, 0) is 37.4 Å². The zero-order valence-corrected chi connectivity index (χ0v) is 28.3. The van der Waals surface area contributed by atoms with Gasteiger partial charge in [-0.25, -0.2) is 4.98 Å². The summed E-state index contributed by atoms with van der Waals surface area (Å²) in [4.78, 5) is 62.9. The number of furan rings is 1. The van der Waals surface area contributed by atoms with Gasteiger partial charge in [-0.15, -0.1) is 0 Å². The molecule has 1 saturated carbocycles.